The molecule has 0 spiro atoms. The third kappa shape index (κ3) is 5.03. The molecule has 0 atom stereocenters. The molecule has 1 saturated heterocycles. The molecule has 2 aromatic rings. The molecule has 2 N–H and O–H groups in total. The monoisotopic (exact) mass is 381 g/mol. The standard InChI is InChI=1S/C22H27N3O3/c1-16-6-9-18(15-20(16)25-14-4-3-5-21(25)26)24-22(27)23-13-12-17-7-10-19(28-2)11-8-17/h6-11,15H,3-5,12-14H2,1-2H3,(H2,23,24,27). The first kappa shape index (κ1) is 19.7. The Bertz CT molecular complexity index is 833. The van der Waals surface area contributed by atoms with E-state index in [2.05, 4.69) is 10.6 Å². The van der Waals surface area contributed by atoms with Gasteiger partial charge in [0.2, 0.25) is 5.91 Å². The van der Waals surface area contributed by atoms with Crippen LogP contribution < -0.4 is 20.3 Å². The lowest BCUT2D eigenvalue weighted by atomic mass is 10.1. The van der Waals surface area contributed by atoms with Gasteiger partial charge >= 0.3 is 6.03 Å². The van der Waals surface area contributed by atoms with Crippen molar-refractivity contribution in [3.8, 4) is 5.75 Å². The summed E-state index contributed by atoms with van der Waals surface area (Å²) in [5.41, 5.74) is 3.71. The second-order valence-corrected chi connectivity index (χ2v) is 6.98. The Morgan fingerprint density at radius 1 is 1.14 bits per heavy atom. The van der Waals surface area contributed by atoms with Gasteiger partial charge in [0.25, 0.3) is 0 Å². The van der Waals surface area contributed by atoms with Crippen molar-refractivity contribution in [1.29, 1.82) is 0 Å². The molecule has 0 unspecified atom stereocenters. The summed E-state index contributed by atoms with van der Waals surface area (Å²) >= 11 is 0. The Labute approximate surface area is 165 Å². The number of ether oxygens (including phenoxy) is 1. The average molecular weight is 381 g/mol. The molecule has 1 heterocycles. The van der Waals surface area contributed by atoms with E-state index in [-0.39, 0.29) is 11.9 Å². The van der Waals surface area contributed by atoms with Crippen LogP contribution in [0.4, 0.5) is 16.2 Å². The van der Waals surface area contributed by atoms with Crippen LogP contribution in [0.2, 0.25) is 0 Å². The lowest BCUT2D eigenvalue weighted by molar-refractivity contribution is -0.119. The van der Waals surface area contributed by atoms with Crippen LogP contribution in [0.1, 0.15) is 30.4 Å². The summed E-state index contributed by atoms with van der Waals surface area (Å²) in [6, 6.07) is 13.2. The second-order valence-electron chi connectivity index (χ2n) is 6.98. The number of urea groups is 1. The second kappa shape index (κ2) is 9.26. The fourth-order valence-corrected chi connectivity index (χ4v) is 3.33. The molecule has 1 fully saturated rings. The van der Waals surface area contributed by atoms with Gasteiger partial charge in [-0.2, -0.15) is 0 Å². The van der Waals surface area contributed by atoms with Crippen LogP contribution in [0, 0.1) is 6.92 Å². The number of aryl methyl sites for hydroxylation is 1. The molecule has 2 aromatic carbocycles. The maximum absolute atomic E-state index is 12.2. The third-order valence-electron chi connectivity index (χ3n) is 4.94. The maximum atomic E-state index is 12.2. The van der Waals surface area contributed by atoms with Crippen LogP contribution in [0.3, 0.4) is 0 Å². The first-order valence-electron chi connectivity index (χ1n) is 9.65. The van der Waals surface area contributed by atoms with Crippen molar-refractivity contribution in [1.82, 2.24) is 5.32 Å². The Morgan fingerprint density at radius 2 is 1.93 bits per heavy atom. The molecule has 0 bridgehead atoms. The quantitative estimate of drug-likeness (QED) is 0.798. The van der Waals surface area contributed by atoms with Gasteiger partial charge in [-0.1, -0.05) is 18.2 Å². The zero-order valence-electron chi connectivity index (χ0n) is 16.5. The summed E-state index contributed by atoms with van der Waals surface area (Å²) in [4.78, 5) is 26.3. The van der Waals surface area contributed by atoms with Crippen LogP contribution in [0.15, 0.2) is 42.5 Å². The largest absolute Gasteiger partial charge is 0.497 e. The van der Waals surface area contributed by atoms with Crippen LogP contribution in [-0.4, -0.2) is 32.1 Å². The summed E-state index contributed by atoms with van der Waals surface area (Å²) in [6.45, 7) is 3.24. The molecular weight excluding hydrogens is 354 g/mol. The predicted molar refractivity (Wildman–Crippen MR) is 111 cm³/mol. The summed E-state index contributed by atoms with van der Waals surface area (Å²) in [6.07, 6.45) is 3.28. The molecule has 6 nitrogen and oxygen atoms in total. The van der Waals surface area contributed by atoms with E-state index in [0.717, 1.165) is 48.4 Å². The molecule has 0 saturated carbocycles. The van der Waals surface area contributed by atoms with Crippen molar-refractivity contribution in [2.75, 3.05) is 30.4 Å². The first-order valence-corrected chi connectivity index (χ1v) is 9.65. The molecule has 3 rings (SSSR count). The van der Waals surface area contributed by atoms with Gasteiger partial charge in [0.15, 0.2) is 0 Å². The zero-order chi connectivity index (χ0) is 19.9. The Kier molecular flexibility index (Phi) is 6.53. The molecule has 148 valence electrons. The zero-order valence-corrected chi connectivity index (χ0v) is 16.5. The van der Waals surface area contributed by atoms with Crippen LogP contribution in [-0.2, 0) is 11.2 Å². The first-order chi connectivity index (χ1) is 13.6. The van der Waals surface area contributed by atoms with E-state index in [1.807, 2.05) is 54.3 Å². The van der Waals surface area contributed by atoms with E-state index < -0.39 is 0 Å². The van der Waals surface area contributed by atoms with E-state index >= 15 is 0 Å². The fourth-order valence-electron chi connectivity index (χ4n) is 3.33. The number of anilines is 2. The highest BCUT2D eigenvalue weighted by molar-refractivity contribution is 5.96. The van der Waals surface area contributed by atoms with Crippen molar-refractivity contribution >= 4 is 23.3 Å². The van der Waals surface area contributed by atoms with E-state index in [1.54, 1.807) is 7.11 Å². The summed E-state index contributed by atoms with van der Waals surface area (Å²) in [5, 5.41) is 5.73. The average Bonchev–Trinajstić information content (AvgIpc) is 2.70. The van der Waals surface area contributed by atoms with Gasteiger partial charge in [0, 0.05) is 30.9 Å². The smallest absolute Gasteiger partial charge is 0.319 e. The van der Waals surface area contributed by atoms with Crippen molar-refractivity contribution in [3.63, 3.8) is 0 Å². The maximum Gasteiger partial charge on any atom is 0.319 e. The number of hydrogen-bond acceptors (Lipinski definition) is 3. The van der Waals surface area contributed by atoms with Crippen LogP contribution in [0.5, 0.6) is 5.75 Å². The van der Waals surface area contributed by atoms with E-state index in [4.69, 9.17) is 4.74 Å². The Hall–Kier alpha value is -3.02. The molecule has 0 aliphatic carbocycles. The third-order valence-corrected chi connectivity index (χ3v) is 4.94. The van der Waals surface area contributed by atoms with E-state index in [9.17, 15) is 9.59 Å². The number of carbonyl (C=O) groups is 2. The number of piperidine rings is 1. The normalized spacial score (nSPS) is 13.9. The lowest BCUT2D eigenvalue weighted by Gasteiger charge is -2.28. The minimum absolute atomic E-state index is 0.149. The summed E-state index contributed by atoms with van der Waals surface area (Å²) in [5.74, 6) is 0.965. The minimum atomic E-state index is -0.256. The topological polar surface area (TPSA) is 70.7 Å². The van der Waals surface area contributed by atoms with Gasteiger partial charge in [-0.3, -0.25) is 4.79 Å². The predicted octanol–water partition coefficient (Wildman–Crippen LogP) is 3.88. The number of carbonyl (C=O) groups excluding carboxylic acids is 2. The molecule has 0 aromatic heterocycles. The number of methoxy groups -OCH3 is 1. The molecule has 0 radical (unpaired) electrons. The van der Waals surface area contributed by atoms with Gasteiger partial charge in [-0.15, -0.1) is 0 Å². The van der Waals surface area contributed by atoms with Crippen molar-refractivity contribution in [2.45, 2.75) is 32.6 Å². The van der Waals surface area contributed by atoms with E-state index in [0.29, 0.717) is 18.7 Å². The molecule has 28 heavy (non-hydrogen) atoms. The molecule has 1 aliphatic heterocycles. The van der Waals surface area contributed by atoms with Crippen LogP contribution in [0.25, 0.3) is 0 Å². The lowest BCUT2D eigenvalue weighted by Crippen LogP contribution is -2.36. The number of benzene rings is 2. The minimum Gasteiger partial charge on any atom is -0.497 e. The number of rotatable bonds is 6. The van der Waals surface area contributed by atoms with Gasteiger partial charge in [-0.25, -0.2) is 4.79 Å². The van der Waals surface area contributed by atoms with Gasteiger partial charge in [-0.05, 0) is 61.6 Å². The molecule has 6 heteroatoms. The Morgan fingerprint density at radius 3 is 2.64 bits per heavy atom. The van der Waals surface area contributed by atoms with Crippen molar-refractivity contribution in [3.05, 3.63) is 53.6 Å². The van der Waals surface area contributed by atoms with Gasteiger partial charge in [0.05, 0.1) is 7.11 Å². The van der Waals surface area contributed by atoms with Crippen LogP contribution >= 0.6 is 0 Å². The summed E-state index contributed by atoms with van der Waals surface area (Å²) in [7, 11) is 1.64. The number of nitrogens with one attached hydrogen (secondary N) is 2. The van der Waals surface area contributed by atoms with E-state index in [1.165, 1.54) is 0 Å². The van der Waals surface area contributed by atoms with Crippen molar-refractivity contribution in [2.24, 2.45) is 0 Å². The Balaban J connectivity index is 1.54. The summed E-state index contributed by atoms with van der Waals surface area (Å²) < 4.78 is 5.14. The number of hydrogen-bond donors (Lipinski definition) is 2. The number of nitrogens with zero attached hydrogens (tertiary/aromatic N) is 1. The molecular formula is C22H27N3O3. The fraction of sp³-hybridized carbons (Fsp3) is 0.364. The highest BCUT2D eigenvalue weighted by Crippen LogP contribution is 2.27. The SMILES string of the molecule is COc1ccc(CCNC(=O)Nc2ccc(C)c(N3CCCCC3=O)c2)cc1. The molecule has 1 aliphatic rings. The molecule has 3 amide bonds. The van der Waals surface area contributed by atoms with Crippen molar-refractivity contribution < 1.29 is 14.3 Å². The van der Waals surface area contributed by atoms with Gasteiger partial charge in [0.1, 0.15) is 5.75 Å². The number of amides is 3. The highest BCUT2D eigenvalue weighted by Gasteiger charge is 2.21. The highest BCUT2D eigenvalue weighted by atomic mass is 16.5. The van der Waals surface area contributed by atoms with Gasteiger partial charge < -0.3 is 20.3 Å².